The van der Waals surface area contributed by atoms with Gasteiger partial charge in [0.05, 0.1) is 0 Å². The van der Waals surface area contributed by atoms with Crippen LogP contribution in [0.1, 0.15) is 23.1 Å². The van der Waals surface area contributed by atoms with E-state index in [0.29, 0.717) is 12.8 Å². The minimum absolute atomic E-state index is 0.197. The first kappa shape index (κ1) is 21.1. The molecule has 3 aromatic rings. The summed E-state index contributed by atoms with van der Waals surface area (Å²) in [5.41, 5.74) is 3.53. The lowest BCUT2D eigenvalue weighted by Crippen LogP contribution is -2.54. The van der Waals surface area contributed by atoms with Crippen molar-refractivity contribution in [3.8, 4) is 11.5 Å². The first-order valence-electron chi connectivity index (χ1n) is 11.1. The number of carbonyl (C=O) groups excluding carboxylic acids is 1. The van der Waals surface area contributed by atoms with Crippen molar-refractivity contribution in [2.45, 2.75) is 32.2 Å². The van der Waals surface area contributed by atoms with Gasteiger partial charge in [-0.1, -0.05) is 66.2 Å². The lowest BCUT2D eigenvalue weighted by molar-refractivity contribution is -0.134. The van der Waals surface area contributed by atoms with Crippen LogP contribution in [0.15, 0.2) is 78.9 Å². The normalized spacial score (nSPS) is 16.2. The Hall–Kier alpha value is -3.11. The Bertz CT molecular complexity index is 986. The van der Waals surface area contributed by atoms with Gasteiger partial charge in [-0.15, -0.1) is 0 Å². The maximum atomic E-state index is 13.1. The molecule has 0 bridgehead atoms. The lowest BCUT2D eigenvalue weighted by Gasteiger charge is -2.36. The zero-order chi connectivity index (χ0) is 21.5. The Balaban J connectivity index is 1.40. The van der Waals surface area contributed by atoms with Crippen molar-refractivity contribution < 1.29 is 9.53 Å². The van der Waals surface area contributed by atoms with Crippen LogP contribution in [0.2, 0.25) is 0 Å². The van der Waals surface area contributed by atoms with E-state index in [4.69, 9.17) is 4.74 Å². The van der Waals surface area contributed by atoms with Crippen LogP contribution in [0.3, 0.4) is 0 Å². The number of rotatable bonds is 7. The van der Waals surface area contributed by atoms with Gasteiger partial charge in [-0.05, 0) is 49.1 Å². The van der Waals surface area contributed by atoms with Crippen molar-refractivity contribution in [3.05, 3.63) is 95.6 Å². The third kappa shape index (κ3) is 5.74. The van der Waals surface area contributed by atoms with Gasteiger partial charge in [-0.25, -0.2) is 0 Å². The molecule has 160 valence electrons. The maximum absolute atomic E-state index is 13.1. The SMILES string of the molecule is Cc1ccc(Oc2ccccc2CCC(=O)N2CCNCC2Cc2ccccc2)cc1. The van der Waals surface area contributed by atoms with Crippen molar-refractivity contribution in [1.29, 1.82) is 0 Å². The second kappa shape index (κ2) is 10.3. The van der Waals surface area contributed by atoms with E-state index in [-0.39, 0.29) is 11.9 Å². The van der Waals surface area contributed by atoms with E-state index < -0.39 is 0 Å². The minimum Gasteiger partial charge on any atom is -0.457 e. The van der Waals surface area contributed by atoms with Crippen molar-refractivity contribution in [3.63, 3.8) is 0 Å². The second-order valence-electron chi connectivity index (χ2n) is 8.16. The number of ether oxygens (including phenoxy) is 1. The first-order valence-corrected chi connectivity index (χ1v) is 11.1. The molecule has 1 N–H and O–H groups in total. The molecule has 1 aliphatic rings. The molecule has 0 saturated carbocycles. The average molecular weight is 415 g/mol. The number of para-hydroxylation sites is 1. The largest absolute Gasteiger partial charge is 0.457 e. The lowest BCUT2D eigenvalue weighted by atomic mass is 10.0. The number of hydrogen-bond acceptors (Lipinski definition) is 3. The third-order valence-electron chi connectivity index (χ3n) is 5.81. The molecular weight excluding hydrogens is 384 g/mol. The van der Waals surface area contributed by atoms with Crippen LogP contribution in [-0.2, 0) is 17.6 Å². The van der Waals surface area contributed by atoms with E-state index in [2.05, 4.69) is 47.5 Å². The number of amides is 1. The summed E-state index contributed by atoms with van der Waals surface area (Å²) in [4.78, 5) is 15.2. The molecule has 0 spiro atoms. The molecule has 1 amide bonds. The summed E-state index contributed by atoms with van der Waals surface area (Å²) in [6.07, 6.45) is 2.04. The molecule has 3 aromatic carbocycles. The topological polar surface area (TPSA) is 41.6 Å². The Morgan fingerprint density at radius 3 is 2.55 bits per heavy atom. The molecule has 1 unspecified atom stereocenters. The molecule has 31 heavy (non-hydrogen) atoms. The molecular formula is C27H30N2O2. The number of hydrogen-bond donors (Lipinski definition) is 1. The Morgan fingerprint density at radius 2 is 1.74 bits per heavy atom. The molecule has 1 fully saturated rings. The predicted molar refractivity (Wildman–Crippen MR) is 125 cm³/mol. The molecule has 1 heterocycles. The van der Waals surface area contributed by atoms with Gasteiger partial charge in [0.1, 0.15) is 11.5 Å². The summed E-state index contributed by atoms with van der Waals surface area (Å²) in [7, 11) is 0. The van der Waals surface area contributed by atoms with Crippen LogP contribution in [0.4, 0.5) is 0 Å². The summed E-state index contributed by atoms with van der Waals surface area (Å²) in [5.74, 6) is 1.85. The Morgan fingerprint density at radius 1 is 1.00 bits per heavy atom. The molecule has 4 nitrogen and oxygen atoms in total. The van der Waals surface area contributed by atoms with Crippen LogP contribution in [0, 0.1) is 6.92 Å². The number of nitrogens with one attached hydrogen (secondary N) is 1. The fraction of sp³-hybridized carbons (Fsp3) is 0.296. The predicted octanol–water partition coefficient (Wildman–Crippen LogP) is 4.76. The summed E-state index contributed by atoms with van der Waals surface area (Å²) < 4.78 is 6.11. The standard InChI is InChI=1S/C27H30N2O2/c1-21-11-14-25(15-12-21)31-26-10-6-5-9-23(26)13-16-27(30)29-18-17-28-20-24(29)19-22-7-3-2-4-8-22/h2-12,14-15,24,28H,13,16-20H2,1H3. The van der Waals surface area contributed by atoms with Gasteiger partial charge in [0.2, 0.25) is 5.91 Å². The highest BCUT2D eigenvalue weighted by molar-refractivity contribution is 5.77. The van der Waals surface area contributed by atoms with Crippen LogP contribution in [0.25, 0.3) is 0 Å². The number of nitrogens with zero attached hydrogens (tertiary/aromatic N) is 1. The number of piperazine rings is 1. The molecule has 0 aromatic heterocycles. The molecule has 0 aliphatic carbocycles. The molecule has 4 rings (SSSR count). The summed E-state index contributed by atoms with van der Waals surface area (Å²) in [6, 6.07) is 26.7. The summed E-state index contributed by atoms with van der Waals surface area (Å²) in [5, 5.41) is 3.44. The first-order chi connectivity index (χ1) is 15.2. The average Bonchev–Trinajstić information content (AvgIpc) is 2.81. The van der Waals surface area contributed by atoms with Gasteiger partial charge in [-0.3, -0.25) is 4.79 Å². The van der Waals surface area contributed by atoms with E-state index >= 15 is 0 Å². The van der Waals surface area contributed by atoms with E-state index in [1.165, 1.54) is 11.1 Å². The number of carbonyl (C=O) groups is 1. The van der Waals surface area contributed by atoms with E-state index in [0.717, 1.165) is 43.1 Å². The molecule has 1 saturated heterocycles. The summed E-state index contributed by atoms with van der Waals surface area (Å²) in [6.45, 7) is 4.51. The second-order valence-corrected chi connectivity index (χ2v) is 8.16. The zero-order valence-corrected chi connectivity index (χ0v) is 18.1. The fourth-order valence-corrected chi connectivity index (χ4v) is 4.09. The van der Waals surface area contributed by atoms with Crippen LogP contribution >= 0.6 is 0 Å². The van der Waals surface area contributed by atoms with Crippen molar-refractivity contribution in [2.24, 2.45) is 0 Å². The maximum Gasteiger partial charge on any atom is 0.223 e. The van der Waals surface area contributed by atoms with E-state index in [1.54, 1.807) is 0 Å². The van der Waals surface area contributed by atoms with Crippen molar-refractivity contribution >= 4 is 5.91 Å². The zero-order valence-electron chi connectivity index (χ0n) is 18.1. The van der Waals surface area contributed by atoms with Gasteiger partial charge in [0.15, 0.2) is 0 Å². The number of aryl methyl sites for hydroxylation is 2. The molecule has 1 aliphatic heterocycles. The van der Waals surface area contributed by atoms with Crippen molar-refractivity contribution in [1.82, 2.24) is 10.2 Å². The smallest absolute Gasteiger partial charge is 0.223 e. The minimum atomic E-state index is 0.197. The van der Waals surface area contributed by atoms with Gasteiger partial charge in [0.25, 0.3) is 0 Å². The van der Waals surface area contributed by atoms with Gasteiger partial charge >= 0.3 is 0 Å². The third-order valence-corrected chi connectivity index (χ3v) is 5.81. The number of benzene rings is 3. The van der Waals surface area contributed by atoms with Crippen LogP contribution in [0.5, 0.6) is 11.5 Å². The van der Waals surface area contributed by atoms with Gasteiger partial charge in [0, 0.05) is 32.1 Å². The highest BCUT2D eigenvalue weighted by Crippen LogP contribution is 2.27. The molecule has 4 heteroatoms. The highest BCUT2D eigenvalue weighted by Gasteiger charge is 2.26. The van der Waals surface area contributed by atoms with Gasteiger partial charge in [-0.2, -0.15) is 0 Å². The van der Waals surface area contributed by atoms with Crippen LogP contribution < -0.4 is 10.1 Å². The van der Waals surface area contributed by atoms with Gasteiger partial charge < -0.3 is 15.0 Å². The Labute approximate surface area is 184 Å². The summed E-state index contributed by atoms with van der Waals surface area (Å²) >= 11 is 0. The van der Waals surface area contributed by atoms with E-state index in [9.17, 15) is 4.79 Å². The monoisotopic (exact) mass is 414 g/mol. The van der Waals surface area contributed by atoms with E-state index in [1.807, 2.05) is 48.5 Å². The van der Waals surface area contributed by atoms with Crippen molar-refractivity contribution in [2.75, 3.05) is 19.6 Å². The molecule has 1 atom stereocenters. The molecule has 0 radical (unpaired) electrons. The Kier molecular flexibility index (Phi) is 7.00. The fourth-order valence-electron chi connectivity index (χ4n) is 4.09. The highest BCUT2D eigenvalue weighted by atomic mass is 16.5. The quantitative estimate of drug-likeness (QED) is 0.606. The van der Waals surface area contributed by atoms with Crippen LogP contribution in [-0.4, -0.2) is 36.5 Å².